The summed E-state index contributed by atoms with van der Waals surface area (Å²) in [5.74, 6) is 0.0000939. The van der Waals surface area contributed by atoms with Crippen LogP contribution in [0.15, 0.2) is 30.5 Å². The van der Waals surface area contributed by atoms with Gasteiger partial charge < -0.3 is 9.80 Å². The number of amides is 2. The van der Waals surface area contributed by atoms with Crippen molar-refractivity contribution in [3.05, 3.63) is 64.0 Å². The Kier molecular flexibility index (Phi) is 7.82. The van der Waals surface area contributed by atoms with E-state index in [-0.39, 0.29) is 24.3 Å². The minimum atomic E-state index is 0.0000939. The number of urea groups is 1. The van der Waals surface area contributed by atoms with Crippen LogP contribution < -0.4 is 0 Å². The van der Waals surface area contributed by atoms with Crippen molar-refractivity contribution < 1.29 is 9.59 Å². The Balaban J connectivity index is 1.44. The molecule has 7 heteroatoms. The van der Waals surface area contributed by atoms with Crippen LogP contribution in [0.2, 0.25) is 0 Å². The molecule has 4 rings (SSSR count). The highest BCUT2D eigenvalue weighted by Gasteiger charge is 2.31. The van der Waals surface area contributed by atoms with Crippen LogP contribution in [0.4, 0.5) is 4.79 Å². The number of rotatable bonds is 5. The minimum absolute atomic E-state index is 0.0000939. The van der Waals surface area contributed by atoms with Gasteiger partial charge in [0.1, 0.15) is 0 Å². The summed E-state index contributed by atoms with van der Waals surface area (Å²) < 4.78 is 0. The summed E-state index contributed by atoms with van der Waals surface area (Å²) in [4.78, 5) is 36.5. The largest absolute Gasteiger partial charge is 0.325 e. The molecule has 0 saturated carbocycles. The molecule has 0 bridgehead atoms. The first-order valence-electron chi connectivity index (χ1n) is 12.6. The summed E-state index contributed by atoms with van der Waals surface area (Å²) >= 11 is 0. The summed E-state index contributed by atoms with van der Waals surface area (Å²) in [6.45, 7) is 10.8. The molecule has 2 saturated heterocycles. The molecule has 0 unspecified atom stereocenters. The SMILES string of the molecule is Cc1ccc(C(=O)Cc2cc(C#N)cc(CN3CCN(C(=O)N4CCCCC4)[C@@H](C)C3)c2C)cn1. The number of benzene rings is 1. The first-order valence-corrected chi connectivity index (χ1v) is 12.6. The van der Waals surface area contributed by atoms with Crippen LogP contribution >= 0.6 is 0 Å². The number of aryl methyl sites for hydroxylation is 1. The number of hydrogen-bond acceptors (Lipinski definition) is 5. The van der Waals surface area contributed by atoms with Crippen molar-refractivity contribution >= 4 is 11.8 Å². The molecule has 1 aromatic carbocycles. The van der Waals surface area contributed by atoms with Crippen LogP contribution in [-0.2, 0) is 13.0 Å². The number of nitrogens with zero attached hydrogens (tertiary/aromatic N) is 5. The molecule has 0 spiro atoms. The number of carbonyl (C=O) groups is 2. The zero-order valence-corrected chi connectivity index (χ0v) is 21.1. The number of carbonyl (C=O) groups excluding carboxylic acids is 2. The third kappa shape index (κ3) is 5.88. The molecule has 2 aromatic rings. The maximum absolute atomic E-state index is 13.0. The highest BCUT2D eigenvalue weighted by molar-refractivity contribution is 5.97. The Labute approximate surface area is 208 Å². The molecule has 3 heterocycles. The summed E-state index contributed by atoms with van der Waals surface area (Å²) in [5, 5.41) is 9.62. The standard InChI is InChI=1S/C28H35N5O2/c1-20-7-8-24(17-30-20)27(34)15-25-13-23(16-29)14-26(22(25)3)19-31-11-12-33(21(2)18-31)28(35)32-9-5-4-6-10-32/h7-8,13-14,17,21H,4-6,9-12,15,18-19H2,1-3H3/t21-/m0/s1. The summed E-state index contributed by atoms with van der Waals surface area (Å²) in [5.41, 5.74) is 5.04. The topological polar surface area (TPSA) is 80.5 Å². The van der Waals surface area contributed by atoms with Crippen molar-refractivity contribution in [2.24, 2.45) is 0 Å². The van der Waals surface area contributed by atoms with E-state index in [1.54, 1.807) is 12.3 Å². The number of Topliss-reactive ketones (excluding diaryl/α,β-unsaturated/α-hetero) is 1. The highest BCUT2D eigenvalue weighted by atomic mass is 16.2. The average molecular weight is 474 g/mol. The van der Waals surface area contributed by atoms with Crippen molar-refractivity contribution in [1.82, 2.24) is 19.7 Å². The zero-order valence-electron chi connectivity index (χ0n) is 21.1. The molecular formula is C28H35N5O2. The first kappa shape index (κ1) is 24.9. The quantitative estimate of drug-likeness (QED) is 0.611. The molecule has 0 N–H and O–H groups in total. The maximum Gasteiger partial charge on any atom is 0.320 e. The van der Waals surface area contributed by atoms with Gasteiger partial charge >= 0.3 is 6.03 Å². The van der Waals surface area contributed by atoms with Gasteiger partial charge in [0.25, 0.3) is 0 Å². The van der Waals surface area contributed by atoms with Gasteiger partial charge in [-0.2, -0.15) is 5.26 Å². The van der Waals surface area contributed by atoms with Gasteiger partial charge in [0.2, 0.25) is 0 Å². The fourth-order valence-corrected chi connectivity index (χ4v) is 5.13. The number of piperazine rings is 1. The van der Waals surface area contributed by atoms with Crippen molar-refractivity contribution in [1.29, 1.82) is 5.26 Å². The summed E-state index contributed by atoms with van der Waals surface area (Å²) in [6.07, 6.45) is 5.27. The second-order valence-corrected chi connectivity index (χ2v) is 9.93. The lowest BCUT2D eigenvalue weighted by atomic mass is 9.93. The predicted molar refractivity (Wildman–Crippen MR) is 135 cm³/mol. The van der Waals surface area contributed by atoms with Gasteiger partial charge in [-0.3, -0.25) is 14.7 Å². The van der Waals surface area contributed by atoms with Gasteiger partial charge in [-0.15, -0.1) is 0 Å². The molecule has 2 fully saturated rings. The molecule has 7 nitrogen and oxygen atoms in total. The number of hydrogen-bond donors (Lipinski definition) is 0. The Morgan fingerprint density at radius 3 is 2.46 bits per heavy atom. The van der Waals surface area contributed by atoms with Crippen LogP contribution in [-0.4, -0.2) is 70.3 Å². The molecule has 0 radical (unpaired) electrons. The lowest BCUT2D eigenvalue weighted by Crippen LogP contribution is -2.57. The van der Waals surface area contributed by atoms with E-state index in [1.807, 2.05) is 41.8 Å². The number of ketones is 1. The van der Waals surface area contributed by atoms with E-state index in [1.165, 1.54) is 6.42 Å². The Morgan fingerprint density at radius 1 is 1.06 bits per heavy atom. The van der Waals surface area contributed by atoms with Crippen LogP contribution in [0.5, 0.6) is 0 Å². The van der Waals surface area contributed by atoms with Gasteiger partial charge in [-0.25, -0.2) is 4.79 Å². The van der Waals surface area contributed by atoms with E-state index in [4.69, 9.17) is 0 Å². The third-order valence-corrected chi connectivity index (χ3v) is 7.31. The van der Waals surface area contributed by atoms with Gasteiger partial charge in [0.15, 0.2) is 5.78 Å². The molecular weight excluding hydrogens is 438 g/mol. The predicted octanol–water partition coefficient (Wildman–Crippen LogP) is 4.11. The van der Waals surface area contributed by atoms with Crippen LogP contribution in [0.3, 0.4) is 0 Å². The number of pyridine rings is 1. The number of aromatic nitrogens is 1. The van der Waals surface area contributed by atoms with E-state index in [9.17, 15) is 14.9 Å². The molecule has 2 amide bonds. The highest BCUT2D eigenvalue weighted by Crippen LogP contribution is 2.23. The second kappa shape index (κ2) is 11.0. The third-order valence-electron chi connectivity index (χ3n) is 7.31. The fourth-order valence-electron chi connectivity index (χ4n) is 5.13. The fraction of sp³-hybridized carbons (Fsp3) is 0.500. The molecule has 1 atom stereocenters. The lowest BCUT2D eigenvalue weighted by molar-refractivity contribution is 0.0740. The Morgan fingerprint density at radius 2 is 1.80 bits per heavy atom. The zero-order chi connectivity index (χ0) is 24.9. The van der Waals surface area contributed by atoms with Crippen LogP contribution in [0.25, 0.3) is 0 Å². The van der Waals surface area contributed by atoms with Crippen molar-refractivity contribution in [3.8, 4) is 6.07 Å². The van der Waals surface area contributed by atoms with E-state index in [0.717, 1.165) is 61.4 Å². The first-order chi connectivity index (χ1) is 16.9. The maximum atomic E-state index is 13.0. The Bertz CT molecular complexity index is 1120. The molecule has 2 aliphatic rings. The molecule has 184 valence electrons. The number of nitriles is 1. The van der Waals surface area contributed by atoms with Crippen molar-refractivity contribution in [3.63, 3.8) is 0 Å². The lowest BCUT2D eigenvalue weighted by Gasteiger charge is -2.42. The van der Waals surface area contributed by atoms with Gasteiger partial charge in [0.05, 0.1) is 11.6 Å². The van der Waals surface area contributed by atoms with E-state index < -0.39 is 0 Å². The summed E-state index contributed by atoms with van der Waals surface area (Å²) in [6, 6.07) is 9.98. The van der Waals surface area contributed by atoms with Crippen LogP contribution in [0.1, 0.15) is 64.5 Å². The van der Waals surface area contributed by atoms with Crippen molar-refractivity contribution in [2.45, 2.75) is 59.0 Å². The van der Waals surface area contributed by atoms with E-state index in [2.05, 4.69) is 22.9 Å². The number of piperidine rings is 1. The second-order valence-electron chi connectivity index (χ2n) is 9.93. The normalized spacial score (nSPS) is 18.9. The van der Waals surface area contributed by atoms with Gasteiger partial charge in [-0.05, 0) is 81.0 Å². The van der Waals surface area contributed by atoms with E-state index in [0.29, 0.717) is 24.2 Å². The molecule has 0 aliphatic carbocycles. The average Bonchev–Trinajstić information content (AvgIpc) is 2.87. The molecule has 35 heavy (non-hydrogen) atoms. The monoisotopic (exact) mass is 473 g/mol. The van der Waals surface area contributed by atoms with Gasteiger partial charge in [-0.1, -0.05) is 0 Å². The molecule has 2 aliphatic heterocycles. The Hall–Kier alpha value is -3.24. The molecule has 1 aromatic heterocycles. The minimum Gasteiger partial charge on any atom is -0.325 e. The summed E-state index contributed by atoms with van der Waals surface area (Å²) in [7, 11) is 0. The van der Waals surface area contributed by atoms with Gasteiger partial charge in [0, 0.05) is 69.2 Å². The van der Waals surface area contributed by atoms with E-state index >= 15 is 0 Å². The van der Waals surface area contributed by atoms with Crippen LogP contribution in [0, 0.1) is 25.2 Å². The number of likely N-dealkylation sites (tertiary alicyclic amines) is 1. The van der Waals surface area contributed by atoms with Crippen molar-refractivity contribution in [2.75, 3.05) is 32.7 Å². The smallest absolute Gasteiger partial charge is 0.320 e.